The van der Waals surface area contributed by atoms with Gasteiger partial charge in [-0.25, -0.2) is 9.97 Å². The average molecular weight is 396 g/mol. The number of aromatic nitrogens is 2. The van der Waals surface area contributed by atoms with Gasteiger partial charge in [0.25, 0.3) is 0 Å². The Morgan fingerprint density at radius 1 is 1.11 bits per heavy atom. The summed E-state index contributed by atoms with van der Waals surface area (Å²) in [5.74, 6) is 0.605. The smallest absolute Gasteiger partial charge is 0.239 e. The molecule has 1 fully saturated rings. The molecule has 0 aliphatic carbocycles. The summed E-state index contributed by atoms with van der Waals surface area (Å²) in [5.41, 5.74) is 1.12. The molecule has 1 saturated heterocycles. The number of hydrogen-bond donors (Lipinski definition) is 1. The number of piperidine rings is 1. The van der Waals surface area contributed by atoms with Gasteiger partial charge < -0.3 is 10.2 Å². The quantitative estimate of drug-likeness (QED) is 0.711. The van der Waals surface area contributed by atoms with E-state index in [1.165, 1.54) is 19.3 Å². The van der Waals surface area contributed by atoms with Crippen LogP contribution in [-0.4, -0.2) is 54.5 Å². The van der Waals surface area contributed by atoms with E-state index in [9.17, 15) is 4.79 Å². The summed E-state index contributed by atoms with van der Waals surface area (Å²) in [4.78, 5) is 26.6. The third-order valence-electron chi connectivity index (χ3n) is 4.97. The fourth-order valence-electron chi connectivity index (χ4n) is 3.47. The Hall–Kier alpha value is -2.51. The number of hydrogen-bond acceptors (Lipinski definition) is 6. The van der Waals surface area contributed by atoms with Crippen molar-refractivity contribution in [2.24, 2.45) is 0 Å². The first kappa shape index (κ1) is 18.8. The standard InChI is InChI=1S/C21H25N5OS/c1-25(2)21-23-13-18(28-21)15-6-7-16-12-22-19(11-17(16)10-15)24-20(27)14-26-8-4-3-5-9-26/h6-7,10-13H,3-5,8-9,14H2,1-2H3,(H,22,24,27). The highest BCUT2D eigenvalue weighted by Gasteiger charge is 2.14. The number of amides is 1. The summed E-state index contributed by atoms with van der Waals surface area (Å²) in [6.45, 7) is 2.45. The van der Waals surface area contributed by atoms with Gasteiger partial charge in [-0.2, -0.15) is 0 Å². The van der Waals surface area contributed by atoms with Crippen LogP contribution in [0.1, 0.15) is 19.3 Å². The first-order valence-corrected chi connectivity index (χ1v) is 10.5. The van der Waals surface area contributed by atoms with Gasteiger partial charge in [-0.1, -0.05) is 29.9 Å². The van der Waals surface area contributed by atoms with Crippen molar-refractivity contribution in [3.05, 3.63) is 36.7 Å². The maximum atomic E-state index is 12.4. The summed E-state index contributed by atoms with van der Waals surface area (Å²) in [6, 6.07) is 8.22. The number of likely N-dealkylation sites (tertiary alicyclic amines) is 1. The minimum atomic E-state index is 0.00276. The van der Waals surface area contributed by atoms with Crippen LogP contribution in [0.3, 0.4) is 0 Å². The van der Waals surface area contributed by atoms with Gasteiger partial charge in [0.1, 0.15) is 5.82 Å². The van der Waals surface area contributed by atoms with Crippen LogP contribution in [0.4, 0.5) is 10.9 Å². The summed E-state index contributed by atoms with van der Waals surface area (Å²) in [7, 11) is 3.99. The molecule has 0 atom stereocenters. The number of rotatable bonds is 5. The largest absolute Gasteiger partial charge is 0.354 e. The lowest BCUT2D eigenvalue weighted by atomic mass is 10.1. The molecule has 0 saturated carbocycles. The van der Waals surface area contributed by atoms with Gasteiger partial charge in [0.05, 0.1) is 11.4 Å². The van der Waals surface area contributed by atoms with Crippen molar-refractivity contribution < 1.29 is 4.79 Å². The lowest BCUT2D eigenvalue weighted by molar-refractivity contribution is -0.117. The molecule has 146 valence electrons. The number of carbonyl (C=O) groups is 1. The van der Waals surface area contributed by atoms with Gasteiger partial charge in [-0.3, -0.25) is 9.69 Å². The molecular weight excluding hydrogens is 370 g/mol. The fraction of sp³-hybridized carbons (Fsp3) is 0.381. The molecule has 7 heteroatoms. The molecule has 28 heavy (non-hydrogen) atoms. The van der Waals surface area contributed by atoms with Crippen LogP contribution in [0.25, 0.3) is 21.2 Å². The Morgan fingerprint density at radius 2 is 1.93 bits per heavy atom. The van der Waals surface area contributed by atoms with Crippen LogP contribution in [0.2, 0.25) is 0 Å². The Kier molecular flexibility index (Phi) is 5.54. The third kappa shape index (κ3) is 4.31. The van der Waals surface area contributed by atoms with E-state index in [2.05, 4.69) is 38.4 Å². The zero-order valence-corrected chi connectivity index (χ0v) is 17.1. The van der Waals surface area contributed by atoms with Crippen molar-refractivity contribution in [2.75, 3.05) is 43.9 Å². The van der Waals surface area contributed by atoms with Gasteiger partial charge in [-0.15, -0.1) is 0 Å². The van der Waals surface area contributed by atoms with Crippen molar-refractivity contribution in [2.45, 2.75) is 19.3 Å². The van der Waals surface area contributed by atoms with E-state index in [4.69, 9.17) is 0 Å². The molecule has 1 N–H and O–H groups in total. The first-order chi connectivity index (χ1) is 13.6. The van der Waals surface area contributed by atoms with E-state index in [0.29, 0.717) is 12.4 Å². The highest BCUT2D eigenvalue weighted by molar-refractivity contribution is 7.18. The molecule has 0 radical (unpaired) electrons. The van der Waals surface area contributed by atoms with Crippen molar-refractivity contribution in [3.8, 4) is 10.4 Å². The van der Waals surface area contributed by atoms with Crippen molar-refractivity contribution >= 4 is 39.0 Å². The molecule has 0 spiro atoms. The molecule has 3 heterocycles. The number of fused-ring (bicyclic) bond motifs is 1. The maximum Gasteiger partial charge on any atom is 0.239 e. The second kappa shape index (κ2) is 8.24. The SMILES string of the molecule is CN(C)c1ncc(-c2ccc3cnc(NC(=O)CN4CCCCC4)cc3c2)s1. The van der Waals surface area contributed by atoms with Gasteiger partial charge in [-0.05, 0) is 49.0 Å². The predicted octanol–water partition coefficient (Wildman–Crippen LogP) is 3.85. The van der Waals surface area contributed by atoms with E-state index >= 15 is 0 Å². The maximum absolute atomic E-state index is 12.4. The number of nitrogens with zero attached hydrogens (tertiary/aromatic N) is 4. The van der Waals surface area contributed by atoms with Gasteiger partial charge in [0.15, 0.2) is 5.13 Å². The number of carbonyl (C=O) groups excluding carboxylic acids is 1. The Labute approximate surface area is 169 Å². The fourth-order valence-corrected chi connectivity index (χ4v) is 4.31. The Balaban J connectivity index is 1.51. The zero-order chi connectivity index (χ0) is 19.5. The van der Waals surface area contributed by atoms with Crippen molar-refractivity contribution in [1.82, 2.24) is 14.9 Å². The highest BCUT2D eigenvalue weighted by Crippen LogP contribution is 2.32. The third-order valence-corrected chi connectivity index (χ3v) is 6.18. The van der Waals surface area contributed by atoms with E-state index in [0.717, 1.165) is 39.4 Å². The number of pyridine rings is 1. The van der Waals surface area contributed by atoms with Crippen molar-refractivity contribution in [3.63, 3.8) is 0 Å². The van der Waals surface area contributed by atoms with E-state index in [1.807, 2.05) is 37.5 Å². The summed E-state index contributed by atoms with van der Waals surface area (Å²) >= 11 is 1.66. The molecular formula is C21H25N5OS. The minimum absolute atomic E-state index is 0.00276. The van der Waals surface area contributed by atoms with Crippen molar-refractivity contribution in [1.29, 1.82) is 0 Å². The van der Waals surface area contributed by atoms with Crippen LogP contribution in [0, 0.1) is 0 Å². The normalized spacial score (nSPS) is 14.9. The topological polar surface area (TPSA) is 61.4 Å². The first-order valence-electron chi connectivity index (χ1n) is 9.64. The molecule has 1 aliphatic heterocycles. The molecule has 1 amide bonds. The molecule has 6 nitrogen and oxygen atoms in total. The van der Waals surface area contributed by atoms with Crippen LogP contribution >= 0.6 is 11.3 Å². The van der Waals surface area contributed by atoms with Gasteiger partial charge in [0, 0.05) is 31.9 Å². The molecule has 3 aromatic rings. The second-order valence-electron chi connectivity index (χ2n) is 7.42. The van der Waals surface area contributed by atoms with Crippen LogP contribution < -0.4 is 10.2 Å². The Bertz CT molecular complexity index is 978. The van der Waals surface area contributed by atoms with Gasteiger partial charge in [0.2, 0.25) is 5.91 Å². The molecule has 1 aliphatic rings. The molecule has 0 unspecified atom stereocenters. The summed E-state index contributed by atoms with van der Waals surface area (Å²) in [6.07, 6.45) is 7.34. The molecule has 0 bridgehead atoms. The number of benzene rings is 1. The molecule has 1 aromatic carbocycles. The minimum Gasteiger partial charge on any atom is -0.354 e. The Morgan fingerprint density at radius 3 is 2.68 bits per heavy atom. The van der Waals surface area contributed by atoms with Crippen LogP contribution in [0.5, 0.6) is 0 Å². The number of anilines is 2. The van der Waals surface area contributed by atoms with Crippen LogP contribution in [0.15, 0.2) is 36.7 Å². The number of nitrogens with one attached hydrogen (secondary N) is 1. The monoisotopic (exact) mass is 395 g/mol. The van der Waals surface area contributed by atoms with E-state index in [1.54, 1.807) is 11.3 Å². The second-order valence-corrected chi connectivity index (χ2v) is 8.43. The summed E-state index contributed by atoms with van der Waals surface area (Å²) in [5, 5.41) is 6.04. The zero-order valence-electron chi connectivity index (χ0n) is 16.3. The summed E-state index contributed by atoms with van der Waals surface area (Å²) < 4.78 is 0. The van der Waals surface area contributed by atoms with Crippen LogP contribution in [-0.2, 0) is 4.79 Å². The lowest BCUT2D eigenvalue weighted by Gasteiger charge is -2.25. The average Bonchev–Trinajstić information content (AvgIpc) is 3.19. The molecule has 4 rings (SSSR count). The lowest BCUT2D eigenvalue weighted by Crippen LogP contribution is -2.36. The highest BCUT2D eigenvalue weighted by atomic mass is 32.1. The number of thiazole rings is 1. The van der Waals surface area contributed by atoms with Gasteiger partial charge >= 0.3 is 0 Å². The molecule has 2 aromatic heterocycles. The van der Waals surface area contributed by atoms with E-state index < -0.39 is 0 Å². The van der Waals surface area contributed by atoms with E-state index in [-0.39, 0.29) is 5.91 Å². The predicted molar refractivity (Wildman–Crippen MR) is 116 cm³/mol.